The molecule has 2 aromatic carbocycles. The highest BCUT2D eigenvalue weighted by molar-refractivity contribution is 6.36. The summed E-state index contributed by atoms with van der Waals surface area (Å²) in [5.74, 6) is 0.119. The van der Waals surface area contributed by atoms with E-state index in [9.17, 15) is 9.59 Å². The summed E-state index contributed by atoms with van der Waals surface area (Å²) in [6.45, 7) is 5.66. The first-order chi connectivity index (χ1) is 15.3. The van der Waals surface area contributed by atoms with Crippen LogP contribution in [0.2, 0.25) is 10.0 Å². The van der Waals surface area contributed by atoms with Gasteiger partial charge in [0.25, 0.3) is 5.91 Å². The van der Waals surface area contributed by atoms with Gasteiger partial charge in [0.2, 0.25) is 5.91 Å². The van der Waals surface area contributed by atoms with Crippen molar-refractivity contribution < 1.29 is 14.3 Å². The minimum absolute atomic E-state index is 0.118. The fraction of sp³-hybridized carbons (Fsp3) is 0.440. The van der Waals surface area contributed by atoms with Gasteiger partial charge in [0.05, 0.1) is 0 Å². The van der Waals surface area contributed by atoms with E-state index in [0.717, 1.165) is 36.8 Å². The van der Waals surface area contributed by atoms with Crippen LogP contribution in [0.4, 0.5) is 0 Å². The average molecular weight is 477 g/mol. The Kier molecular flexibility index (Phi) is 8.44. The lowest BCUT2D eigenvalue weighted by molar-refractivity contribution is -0.142. The summed E-state index contributed by atoms with van der Waals surface area (Å²) < 4.78 is 5.76. The highest BCUT2D eigenvalue weighted by Gasteiger charge is 2.29. The van der Waals surface area contributed by atoms with Gasteiger partial charge in [-0.15, -0.1) is 0 Å². The SMILES string of the molecule is Cc1ccc(OCC(=O)N(Cc2c(Cl)cccc2Cl)[C@H](C)C(=O)NC2CCCC2)cc1C. The van der Waals surface area contributed by atoms with Crippen LogP contribution in [0.3, 0.4) is 0 Å². The van der Waals surface area contributed by atoms with Crippen molar-refractivity contribution in [2.75, 3.05) is 6.61 Å². The van der Waals surface area contributed by atoms with Crippen LogP contribution in [0.5, 0.6) is 5.75 Å². The Hall–Kier alpha value is -2.24. The summed E-state index contributed by atoms with van der Waals surface area (Å²) in [7, 11) is 0. The van der Waals surface area contributed by atoms with Gasteiger partial charge >= 0.3 is 0 Å². The van der Waals surface area contributed by atoms with E-state index in [1.165, 1.54) is 4.90 Å². The van der Waals surface area contributed by atoms with Crippen LogP contribution >= 0.6 is 23.2 Å². The van der Waals surface area contributed by atoms with Gasteiger partial charge in [0.1, 0.15) is 11.8 Å². The number of benzene rings is 2. The van der Waals surface area contributed by atoms with Gasteiger partial charge in [-0.25, -0.2) is 0 Å². The summed E-state index contributed by atoms with van der Waals surface area (Å²) in [4.78, 5) is 27.6. The molecule has 0 unspecified atom stereocenters. The van der Waals surface area contributed by atoms with Crippen molar-refractivity contribution in [2.24, 2.45) is 0 Å². The van der Waals surface area contributed by atoms with E-state index in [0.29, 0.717) is 21.4 Å². The van der Waals surface area contributed by atoms with Gasteiger partial charge in [-0.1, -0.05) is 48.2 Å². The Labute approximate surface area is 200 Å². The van der Waals surface area contributed by atoms with Gasteiger partial charge in [0, 0.05) is 28.2 Å². The van der Waals surface area contributed by atoms with Crippen molar-refractivity contribution in [3.05, 3.63) is 63.1 Å². The number of amides is 2. The van der Waals surface area contributed by atoms with Gasteiger partial charge < -0.3 is 15.0 Å². The average Bonchev–Trinajstić information content (AvgIpc) is 3.27. The predicted octanol–water partition coefficient (Wildman–Crippen LogP) is 5.47. The molecule has 1 fully saturated rings. The number of hydrogen-bond acceptors (Lipinski definition) is 3. The summed E-state index contributed by atoms with van der Waals surface area (Å²) in [5, 5.41) is 3.98. The Balaban J connectivity index is 1.77. The third-order valence-electron chi connectivity index (χ3n) is 6.10. The molecule has 3 rings (SSSR count). The predicted molar refractivity (Wildman–Crippen MR) is 128 cm³/mol. The number of halogens is 2. The molecule has 0 saturated heterocycles. The minimum Gasteiger partial charge on any atom is -0.484 e. The Morgan fingerprint density at radius 2 is 1.75 bits per heavy atom. The standard InChI is InChI=1S/C25H30Cl2N2O3/c1-16-11-12-20(13-17(16)2)32-15-24(30)29(14-21-22(26)9-6-10-23(21)27)18(3)25(31)28-19-7-4-5-8-19/h6,9-13,18-19H,4-5,7-8,14-15H2,1-3H3,(H,28,31)/t18-/m1/s1. The molecule has 32 heavy (non-hydrogen) atoms. The summed E-state index contributed by atoms with van der Waals surface area (Å²) in [5.41, 5.74) is 2.84. The van der Waals surface area contributed by atoms with Crippen LogP contribution < -0.4 is 10.1 Å². The first kappa shape index (κ1) is 24.4. The van der Waals surface area contributed by atoms with Crippen molar-refractivity contribution in [2.45, 2.75) is 65.1 Å². The molecule has 7 heteroatoms. The molecule has 0 spiro atoms. The van der Waals surface area contributed by atoms with Crippen LogP contribution in [0.1, 0.15) is 49.3 Å². The fourth-order valence-corrected chi connectivity index (χ4v) is 4.38. The molecule has 0 aliphatic heterocycles. The second-order valence-corrected chi connectivity index (χ2v) is 9.24. The number of hydrogen-bond donors (Lipinski definition) is 1. The maximum absolute atomic E-state index is 13.2. The number of carbonyl (C=O) groups is 2. The summed E-state index contributed by atoms with van der Waals surface area (Å²) in [6, 6.07) is 10.3. The molecule has 1 aliphatic carbocycles. The van der Waals surface area contributed by atoms with Crippen molar-refractivity contribution in [3.8, 4) is 5.75 Å². The second kappa shape index (κ2) is 11.1. The summed E-state index contributed by atoms with van der Waals surface area (Å²) >= 11 is 12.7. The topological polar surface area (TPSA) is 58.6 Å². The molecule has 1 saturated carbocycles. The molecule has 0 heterocycles. The molecular weight excluding hydrogens is 447 g/mol. The first-order valence-electron chi connectivity index (χ1n) is 11.0. The molecule has 1 N–H and O–H groups in total. The van der Waals surface area contributed by atoms with Gasteiger partial charge in [-0.05, 0) is 69.0 Å². The molecule has 0 radical (unpaired) electrons. The Bertz CT molecular complexity index is 953. The van der Waals surface area contributed by atoms with E-state index in [-0.39, 0.29) is 31.0 Å². The van der Waals surface area contributed by atoms with Crippen molar-refractivity contribution in [1.82, 2.24) is 10.2 Å². The second-order valence-electron chi connectivity index (χ2n) is 8.42. The molecule has 1 atom stereocenters. The molecule has 1 aliphatic rings. The first-order valence-corrected chi connectivity index (χ1v) is 11.7. The normalized spacial score (nSPS) is 14.8. The molecule has 0 aromatic heterocycles. The quantitative estimate of drug-likeness (QED) is 0.549. The molecule has 5 nitrogen and oxygen atoms in total. The number of aryl methyl sites for hydroxylation is 2. The van der Waals surface area contributed by atoms with Crippen LogP contribution in [-0.4, -0.2) is 35.4 Å². The third kappa shape index (κ3) is 6.17. The number of nitrogens with zero attached hydrogens (tertiary/aromatic N) is 1. The van der Waals surface area contributed by atoms with E-state index in [1.807, 2.05) is 32.0 Å². The highest BCUT2D eigenvalue weighted by Crippen LogP contribution is 2.27. The van der Waals surface area contributed by atoms with Gasteiger partial charge in [-0.2, -0.15) is 0 Å². The Morgan fingerprint density at radius 1 is 1.09 bits per heavy atom. The highest BCUT2D eigenvalue weighted by atomic mass is 35.5. The van der Waals surface area contributed by atoms with Crippen LogP contribution in [0.15, 0.2) is 36.4 Å². The van der Waals surface area contributed by atoms with Crippen molar-refractivity contribution >= 4 is 35.0 Å². The monoisotopic (exact) mass is 476 g/mol. The molecule has 2 aromatic rings. The largest absolute Gasteiger partial charge is 0.484 e. The fourth-order valence-electron chi connectivity index (χ4n) is 3.86. The molecule has 172 valence electrons. The third-order valence-corrected chi connectivity index (χ3v) is 6.81. The maximum Gasteiger partial charge on any atom is 0.261 e. The zero-order valence-corrected chi connectivity index (χ0v) is 20.3. The number of rotatable bonds is 8. The van der Waals surface area contributed by atoms with Crippen molar-refractivity contribution in [3.63, 3.8) is 0 Å². The van der Waals surface area contributed by atoms with E-state index in [2.05, 4.69) is 5.32 Å². The zero-order valence-electron chi connectivity index (χ0n) is 18.8. The smallest absolute Gasteiger partial charge is 0.261 e. The Morgan fingerprint density at radius 3 is 2.38 bits per heavy atom. The van der Waals surface area contributed by atoms with Crippen LogP contribution in [0, 0.1) is 13.8 Å². The van der Waals surface area contributed by atoms with Crippen molar-refractivity contribution in [1.29, 1.82) is 0 Å². The number of nitrogens with one attached hydrogen (secondary N) is 1. The van der Waals surface area contributed by atoms with Crippen LogP contribution in [0.25, 0.3) is 0 Å². The van der Waals surface area contributed by atoms with E-state index < -0.39 is 6.04 Å². The zero-order chi connectivity index (χ0) is 23.3. The van der Waals surface area contributed by atoms with Gasteiger partial charge in [0.15, 0.2) is 6.61 Å². The molecule has 2 amide bonds. The van der Waals surface area contributed by atoms with E-state index >= 15 is 0 Å². The number of ether oxygens (including phenoxy) is 1. The molecular formula is C25H30Cl2N2O3. The van der Waals surface area contributed by atoms with Crippen LogP contribution in [-0.2, 0) is 16.1 Å². The van der Waals surface area contributed by atoms with E-state index in [1.54, 1.807) is 25.1 Å². The lowest BCUT2D eigenvalue weighted by atomic mass is 10.1. The maximum atomic E-state index is 13.2. The van der Waals surface area contributed by atoms with Gasteiger partial charge in [-0.3, -0.25) is 9.59 Å². The lowest BCUT2D eigenvalue weighted by Crippen LogP contribution is -2.50. The minimum atomic E-state index is -0.696. The number of carbonyl (C=O) groups excluding carboxylic acids is 2. The van der Waals surface area contributed by atoms with E-state index in [4.69, 9.17) is 27.9 Å². The lowest BCUT2D eigenvalue weighted by Gasteiger charge is -2.30. The summed E-state index contributed by atoms with van der Waals surface area (Å²) in [6.07, 6.45) is 4.17. The molecule has 0 bridgehead atoms.